The number of hydrogen-bond acceptors (Lipinski definition) is 7. The largest absolute Gasteiger partial charge is 0.493 e. The lowest BCUT2D eigenvalue weighted by Crippen LogP contribution is -2.27. The zero-order valence-electron chi connectivity index (χ0n) is 17.8. The van der Waals surface area contributed by atoms with Crippen LogP contribution >= 0.6 is 0 Å². The zero-order chi connectivity index (χ0) is 22.0. The number of fused-ring (bicyclic) bond motifs is 1. The molecule has 0 aliphatic heterocycles. The number of carbonyl (C=O) groups excluding carboxylic acids is 1. The maximum Gasteiger partial charge on any atom is 0.346 e. The average molecular weight is 412 g/mol. The van der Waals surface area contributed by atoms with Gasteiger partial charge in [-0.15, -0.1) is 0 Å². The molecule has 158 valence electrons. The highest BCUT2D eigenvalue weighted by atomic mass is 16.6. The maximum absolute atomic E-state index is 13.3. The Balaban J connectivity index is 2.30. The van der Waals surface area contributed by atoms with Gasteiger partial charge in [0.05, 0.1) is 26.7 Å². The van der Waals surface area contributed by atoms with Crippen molar-refractivity contribution in [3.05, 3.63) is 51.7 Å². The lowest BCUT2D eigenvalue weighted by Gasteiger charge is -2.16. The van der Waals surface area contributed by atoms with Crippen LogP contribution in [0.4, 0.5) is 0 Å². The minimum atomic E-state index is -0.999. The van der Waals surface area contributed by atoms with Crippen molar-refractivity contribution >= 4 is 16.9 Å². The summed E-state index contributed by atoms with van der Waals surface area (Å²) in [4.78, 5) is 25.2. The van der Waals surface area contributed by atoms with E-state index in [0.29, 0.717) is 28.0 Å². The van der Waals surface area contributed by atoms with Crippen LogP contribution in [-0.2, 0) is 9.53 Å². The normalized spacial score (nSPS) is 11.8. The summed E-state index contributed by atoms with van der Waals surface area (Å²) in [5.41, 5.74) is 2.52. The number of benzene rings is 2. The van der Waals surface area contributed by atoms with Crippen LogP contribution < -0.4 is 19.6 Å². The Hall–Kier alpha value is -3.48. The molecule has 0 bridgehead atoms. The molecule has 30 heavy (non-hydrogen) atoms. The van der Waals surface area contributed by atoms with E-state index in [1.165, 1.54) is 28.3 Å². The first kappa shape index (κ1) is 21.2. The number of methoxy groups -OCH3 is 3. The minimum Gasteiger partial charge on any atom is -0.493 e. The predicted molar refractivity (Wildman–Crippen MR) is 113 cm³/mol. The third kappa shape index (κ3) is 3.83. The van der Waals surface area contributed by atoms with E-state index >= 15 is 0 Å². The summed E-state index contributed by atoms with van der Waals surface area (Å²) in [6.45, 7) is 5.36. The van der Waals surface area contributed by atoms with Gasteiger partial charge in [-0.05, 0) is 62.2 Å². The fourth-order valence-electron chi connectivity index (χ4n) is 3.10. The van der Waals surface area contributed by atoms with E-state index in [4.69, 9.17) is 23.4 Å². The van der Waals surface area contributed by atoms with Gasteiger partial charge in [0.2, 0.25) is 11.2 Å². The van der Waals surface area contributed by atoms with E-state index in [-0.39, 0.29) is 16.9 Å². The second kappa shape index (κ2) is 8.49. The Morgan fingerprint density at radius 1 is 0.967 bits per heavy atom. The highest BCUT2D eigenvalue weighted by molar-refractivity contribution is 5.84. The van der Waals surface area contributed by atoms with Gasteiger partial charge in [-0.25, -0.2) is 4.79 Å². The van der Waals surface area contributed by atoms with Crippen LogP contribution in [0.15, 0.2) is 39.5 Å². The molecule has 0 N–H and O–H groups in total. The van der Waals surface area contributed by atoms with Gasteiger partial charge >= 0.3 is 5.97 Å². The van der Waals surface area contributed by atoms with Crippen molar-refractivity contribution in [1.82, 2.24) is 0 Å². The van der Waals surface area contributed by atoms with Gasteiger partial charge in [0.1, 0.15) is 5.58 Å². The molecule has 3 rings (SSSR count). The summed E-state index contributed by atoms with van der Waals surface area (Å²) in [7, 11) is 4.30. The maximum atomic E-state index is 13.3. The molecule has 1 aromatic heterocycles. The predicted octanol–water partition coefficient (Wildman–Crippen LogP) is 4.03. The third-order valence-corrected chi connectivity index (χ3v) is 4.94. The first-order chi connectivity index (χ1) is 14.3. The van der Waals surface area contributed by atoms with Gasteiger partial charge in [-0.3, -0.25) is 4.79 Å². The summed E-state index contributed by atoms with van der Waals surface area (Å²) < 4.78 is 27.2. The van der Waals surface area contributed by atoms with Gasteiger partial charge in [0.25, 0.3) is 0 Å². The van der Waals surface area contributed by atoms with Gasteiger partial charge in [-0.1, -0.05) is 0 Å². The molecule has 0 amide bonds. The molecule has 0 unspecified atom stereocenters. The number of hydrogen-bond donors (Lipinski definition) is 0. The molecule has 0 saturated heterocycles. The molecule has 0 spiro atoms. The molecule has 0 aliphatic rings. The third-order valence-electron chi connectivity index (χ3n) is 4.94. The van der Waals surface area contributed by atoms with Crippen molar-refractivity contribution in [3.8, 4) is 28.6 Å². The molecule has 0 radical (unpaired) electrons. The van der Waals surface area contributed by atoms with E-state index in [9.17, 15) is 9.59 Å². The summed E-state index contributed by atoms with van der Waals surface area (Å²) in [5, 5.41) is 0.370. The van der Waals surface area contributed by atoms with Crippen LogP contribution in [0.25, 0.3) is 22.3 Å². The van der Waals surface area contributed by atoms with Crippen LogP contribution in [0.3, 0.4) is 0 Å². The number of esters is 1. The summed E-state index contributed by atoms with van der Waals surface area (Å²) in [6, 6.07) is 8.67. The van der Waals surface area contributed by atoms with Gasteiger partial charge in [-0.2, -0.15) is 0 Å². The molecule has 2 aromatic carbocycles. The zero-order valence-corrected chi connectivity index (χ0v) is 17.8. The molecule has 7 heteroatoms. The molecule has 0 fully saturated rings. The second-order valence-corrected chi connectivity index (χ2v) is 6.88. The molecular formula is C23H24O7. The van der Waals surface area contributed by atoms with Crippen LogP contribution in [0.5, 0.6) is 17.2 Å². The van der Waals surface area contributed by atoms with E-state index in [2.05, 4.69) is 0 Å². The molecule has 0 aliphatic carbocycles. The Labute approximate surface area is 174 Å². The standard InChI is InChI=1S/C23H24O7/c1-12-9-16-18(10-13(12)2)30-21(15-7-8-17(26-4)19(11-15)27-5)22(20(16)24)29-14(3)23(25)28-6/h7-11,14H,1-6H3/t14-/m1/s1. The highest BCUT2D eigenvalue weighted by Crippen LogP contribution is 2.37. The number of aryl methyl sites for hydroxylation is 2. The van der Waals surface area contributed by atoms with Crippen molar-refractivity contribution in [2.45, 2.75) is 26.9 Å². The van der Waals surface area contributed by atoms with Crippen molar-refractivity contribution in [2.75, 3.05) is 21.3 Å². The van der Waals surface area contributed by atoms with Gasteiger partial charge < -0.3 is 23.4 Å². The van der Waals surface area contributed by atoms with Crippen molar-refractivity contribution in [2.24, 2.45) is 0 Å². The van der Waals surface area contributed by atoms with E-state index in [1.54, 1.807) is 24.3 Å². The van der Waals surface area contributed by atoms with Crippen LogP contribution in [-0.4, -0.2) is 33.4 Å². The molecule has 1 heterocycles. The van der Waals surface area contributed by atoms with Gasteiger partial charge in [0, 0.05) is 5.56 Å². The lowest BCUT2D eigenvalue weighted by molar-refractivity contribution is -0.147. The van der Waals surface area contributed by atoms with E-state index in [0.717, 1.165) is 11.1 Å². The summed E-state index contributed by atoms with van der Waals surface area (Å²) in [5.74, 6) is 0.502. The number of rotatable bonds is 6. The molecule has 1 atom stereocenters. The number of ether oxygens (including phenoxy) is 4. The Bertz CT molecular complexity index is 1160. The SMILES string of the molecule is COC(=O)[C@@H](C)Oc1c(-c2ccc(OC)c(OC)c2)oc2cc(C)c(C)cc2c1=O. The van der Waals surface area contributed by atoms with Crippen molar-refractivity contribution < 1.29 is 28.2 Å². The number of carbonyl (C=O) groups is 1. The van der Waals surface area contributed by atoms with Crippen molar-refractivity contribution in [3.63, 3.8) is 0 Å². The molecule has 7 nitrogen and oxygen atoms in total. The van der Waals surface area contributed by atoms with Crippen LogP contribution in [0.2, 0.25) is 0 Å². The second-order valence-electron chi connectivity index (χ2n) is 6.88. The molecule has 0 saturated carbocycles. The van der Waals surface area contributed by atoms with Crippen molar-refractivity contribution in [1.29, 1.82) is 0 Å². The van der Waals surface area contributed by atoms with E-state index in [1.807, 2.05) is 19.9 Å². The van der Waals surface area contributed by atoms with Crippen LogP contribution in [0.1, 0.15) is 18.1 Å². The lowest BCUT2D eigenvalue weighted by atomic mass is 10.0. The summed E-state index contributed by atoms with van der Waals surface area (Å²) >= 11 is 0. The first-order valence-corrected chi connectivity index (χ1v) is 9.35. The van der Waals surface area contributed by atoms with E-state index < -0.39 is 12.1 Å². The topological polar surface area (TPSA) is 84.2 Å². The van der Waals surface area contributed by atoms with Crippen LogP contribution in [0, 0.1) is 13.8 Å². The monoisotopic (exact) mass is 412 g/mol. The minimum absolute atomic E-state index is 0.0733. The summed E-state index contributed by atoms with van der Waals surface area (Å²) in [6.07, 6.45) is -0.999. The Morgan fingerprint density at radius 3 is 2.27 bits per heavy atom. The van der Waals surface area contributed by atoms with Gasteiger partial charge in [0.15, 0.2) is 23.4 Å². The quantitative estimate of drug-likeness (QED) is 0.565. The molecule has 3 aromatic rings. The average Bonchev–Trinajstić information content (AvgIpc) is 2.75. The smallest absolute Gasteiger partial charge is 0.346 e. The first-order valence-electron chi connectivity index (χ1n) is 9.35. The fraction of sp³-hybridized carbons (Fsp3) is 0.304. The highest BCUT2D eigenvalue weighted by Gasteiger charge is 2.24. The molecular weight excluding hydrogens is 388 g/mol. The Morgan fingerprint density at radius 2 is 1.63 bits per heavy atom. The Kier molecular flexibility index (Phi) is 6.01. The fourth-order valence-corrected chi connectivity index (χ4v) is 3.10.